The Balaban J connectivity index is 2.09. The zero-order valence-electron chi connectivity index (χ0n) is 9.09. The molecule has 1 N–H and O–H groups in total. The van der Waals surface area contributed by atoms with Crippen LogP contribution >= 0.6 is 11.8 Å². The predicted molar refractivity (Wildman–Crippen MR) is 65.3 cm³/mol. The molecule has 1 heterocycles. The third-order valence-electron chi connectivity index (χ3n) is 2.32. The molecule has 0 fully saturated rings. The monoisotopic (exact) mass is 234 g/mol. The van der Waals surface area contributed by atoms with Gasteiger partial charge in [-0.15, -0.1) is 11.8 Å². The lowest BCUT2D eigenvalue weighted by Gasteiger charge is -2.10. The molecule has 0 aliphatic rings. The summed E-state index contributed by atoms with van der Waals surface area (Å²) >= 11 is 1.68. The first-order valence-corrected chi connectivity index (χ1v) is 6.18. The van der Waals surface area contributed by atoms with E-state index >= 15 is 0 Å². The summed E-state index contributed by atoms with van der Waals surface area (Å²) in [6.45, 7) is 1.78. The average molecular weight is 234 g/mol. The zero-order chi connectivity index (χ0) is 11.4. The lowest BCUT2D eigenvalue weighted by Crippen LogP contribution is -1.93. The van der Waals surface area contributed by atoms with Crippen LogP contribution in [-0.4, -0.2) is 5.11 Å². The van der Waals surface area contributed by atoms with E-state index in [-0.39, 0.29) is 0 Å². The third kappa shape index (κ3) is 2.68. The Labute approximate surface area is 99.3 Å². The molecule has 0 saturated carbocycles. The highest BCUT2D eigenvalue weighted by atomic mass is 32.2. The maximum atomic E-state index is 9.62. The van der Waals surface area contributed by atoms with Crippen LogP contribution < -0.4 is 0 Å². The largest absolute Gasteiger partial charge is 0.468 e. The van der Waals surface area contributed by atoms with Gasteiger partial charge in [0.2, 0.25) is 0 Å². The van der Waals surface area contributed by atoms with Crippen LogP contribution in [0.25, 0.3) is 0 Å². The molecule has 0 spiro atoms. The number of hydrogen-bond acceptors (Lipinski definition) is 3. The number of aliphatic hydroxyl groups excluding tert-OH is 1. The maximum Gasteiger partial charge on any atom is 0.113 e. The smallest absolute Gasteiger partial charge is 0.113 e. The molecule has 2 nitrogen and oxygen atoms in total. The lowest BCUT2D eigenvalue weighted by molar-refractivity contribution is 0.196. The van der Waals surface area contributed by atoms with Crippen molar-refractivity contribution in [2.45, 2.75) is 23.7 Å². The Hall–Kier alpha value is -1.19. The minimum Gasteiger partial charge on any atom is -0.468 e. The predicted octanol–water partition coefficient (Wildman–Crippen LogP) is 3.63. The molecule has 1 atom stereocenters. The van der Waals surface area contributed by atoms with Crippen LogP contribution in [0.15, 0.2) is 52.0 Å². The van der Waals surface area contributed by atoms with E-state index in [0.29, 0.717) is 0 Å². The Morgan fingerprint density at radius 1 is 1.25 bits per heavy atom. The van der Waals surface area contributed by atoms with E-state index in [2.05, 4.69) is 0 Å². The fraction of sp³-hybridized carbons (Fsp3) is 0.231. The van der Waals surface area contributed by atoms with E-state index < -0.39 is 6.10 Å². The fourth-order valence-electron chi connectivity index (χ4n) is 1.50. The number of hydrogen-bond donors (Lipinski definition) is 1. The van der Waals surface area contributed by atoms with E-state index in [1.54, 1.807) is 24.9 Å². The summed E-state index contributed by atoms with van der Waals surface area (Å²) in [4.78, 5) is 1.11. The topological polar surface area (TPSA) is 33.4 Å². The Kier molecular flexibility index (Phi) is 3.70. The molecule has 84 valence electrons. The van der Waals surface area contributed by atoms with Crippen molar-refractivity contribution in [3.05, 3.63) is 54.0 Å². The molecule has 0 radical (unpaired) electrons. The third-order valence-corrected chi connectivity index (χ3v) is 3.43. The van der Waals surface area contributed by atoms with Crippen molar-refractivity contribution in [2.75, 3.05) is 0 Å². The SMILES string of the molecule is C[C@H](O)c1ccccc1SCc1ccco1. The highest BCUT2D eigenvalue weighted by molar-refractivity contribution is 7.98. The van der Waals surface area contributed by atoms with Crippen LogP contribution in [0.5, 0.6) is 0 Å². The van der Waals surface area contributed by atoms with Crippen molar-refractivity contribution < 1.29 is 9.52 Å². The zero-order valence-corrected chi connectivity index (χ0v) is 9.91. The summed E-state index contributed by atoms with van der Waals surface area (Å²) in [5.41, 5.74) is 0.971. The van der Waals surface area contributed by atoms with Gasteiger partial charge < -0.3 is 9.52 Å². The summed E-state index contributed by atoms with van der Waals surface area (Å²) in [6.07, 6.45) is 1.25. The first-order chi connectivity index (χ1) is 7.77. The molecule has 0 saturated heterocycles. The number of furan rings is 1. The van der Waals surface area contributed by atoms with Gasteiger partial charge in [0, 0.05) is 4.90 Å². The number of thioether (sulfide) groups is 1. The van der Waals surface area contributed by atoms with Crippen molar-refractivity contribution in [2.24, 2.45) is 0 Å². The van der Waals surface area contributed by atoms with Crippen molar-refractivity contribution in [3.8, 4) is 0 Å². The highest BCUT2D eigenvalue weighted by Gasteiger charge is 2.08. The minimum atomic E-state index is -0.430. The van der Waals surface area contributed by atoms with Gasteiger partial charge in [-0.2, -0.15) is 0 Å². The van der Waals surface area contributed by atoms with E-state index in [4.69, 9.17) is 4.42 Å². The number of benzene rings is 1. The molecule has 0 bridgehead atoms. The van der Waals surface area contributed by atoms with Gasteiger partial charge in [-0.1, -0.05) is 18.2 Å². The first-order valence-electron chi connectivity index (χ1n) is 5.19. The fourth-order valence-corrected chi connectivity index (χ4v) is 2.54. The molecule has 1 aromatic carbocycles. The molecule has 0 aliphatic carbocycles. The molecule has 0 unspecified atom stereocenters. The maximum absolute atomic E-state index is 9.62. The van der Waals surface area contributed by atoms with Gasteiger partial charge in [-0.3, -0.25) is 0 Å². The molecule has 2 aromatic rings. The van der Waals surface area contributed by atoms with Gasteiger partial charge >= 0.3 is 0 Å². The molecule has 0 aliphatic heterocycles. The summed E-state index contributed by atoms with van der Waals surface area (Å²) in [5, 5.41) is 9.62. The van der Waals surface area contributed by atoms with Crippen LogP contribution in [0.2, 0.25) is 0 Å². The molecule has 2 rings (SSSR count). The number of aliphatic hydroxyl groups is 1. The summed E-state index contributed by atoms with van der Waals surface area (Å²) < 4.78 is 5.27. The van der Waals surface area contributed by atoms with Gasteiger partial charge in [0.15, 0.2) is 0 Å². The van der Waals surface area contributed by atoms with E-state index in [1.165, 1.54) is 0 Å². The van der Waals surface area contributed by atoms with E-state index in [0.717, 1.165) is 22.0 Å². The highest BCUT2D eigenvalue weighted by Crippen LogP contribution is 2.29. The van der Waals surface area contributed by atoms with Gasteiger partial charge in [-0.05, 0) is 30.7 Å². The lowest BCUT2D eigenvalue weighted by atomic mass is 10.1. The second-order valence-electron chi connectivity index (χ2n) is 3.58. The minimum absolute atomic E-state index is 0.430. The summed E-state index contributed by atoms with van der Waals surface area (Å²) in [6, 6.07) is 11.7. The van der Waals surface area contributed by atoms with Crippen molar-refractivity contribution >= 4 is 11.8 Å². The first kappa shape index (κ1) is 11.3. The summed E-state index contributed by atoms with van der Waals surface area (Å²) in [5.74, 6) is 1.74. The van der Waals surface area contributed by atoms with Crippen LogP contribution in [0.3, 0.4) is 0 Å². The van der Waals surface area contributed by atoms with Crippen molar-refractivity contribution in [1.29, 1.82) is 0 Å². The van der Waals surface area contributed by atoms with Crippen LogP contribution in [-0.2, 0) is 5.75 Å². The Bertz CT molecular complexity index is 435. The van der Waals surface area contributed by atoms with Gasteiger partial charge in [0.1, 0.15) is 5.76 Å². The molecular formula is C13H14O2S. The second-order valence-corrected chi connectivity index (χ2v) is 4.60. The van der Waals surface area contributed by atoms with Crippen LogP contribution in [0, 0.1) is 0 Å². The molecule has 0 amide bonds. The van der Waals surface area contributed by atoms with E-state index in [1.807, 2.05) is 36.4 Å². The number of rotatable bonds is 4. The van der Waals surface area contributed by atoms with Gasteiger partial charge in [-0.25, -0.2) is 0 Å². The van der Waals surface area contributed by atoms with Crippen molar-refractivity contribution in [1.82, 2.24) is 0 Å². The Morgan fingerprint density at radius 2 is 2.06 bits per heavy atom. The van der Waals surface area contributed by atoms with Crippen LogP contribution in [0.4, 0.5) is 0 Å². The Morgan fingerprint density at radius 3 is 2.75 bits per heavy atom. The normalized spacial score (nSPS) is 12.6. The van der Waals surface area contributed by atoms with Gasteiger partial charge in [0.25, 0.3) is 0 Å². The second kappa shape index (κ2) is 5.23. The molecular weight excluding hydrogens is 220 g/mol. The quantitative estimate of drug-likeness (QED) is 0.820. The molecule has 3 heteroatoms. The van der Waals surface area contributed by atoms with Crippen LogP contribution in [0.1, 0.15) is 24.4 Å². The average Bonchev–Trinajstić information content (AvgIpc) is 2.79. The van der Waals surface area contributed by atoms with Gasteiger partial charge in [0.05, 0.1) is 18.1 Å². The molecule has 16 heavy (non-hydrogen) atoms. The van der Waals surface area contributed by atoms with Crippen molar-refractivity contribution in [3.63, 3.8) is 0 Å². The standard InChI is InChI=1S/C13H14O2S/c1-10(14)12-6-2-3-7-13(12)16-9-11-5-4-8-15-11/h2-8,10,14H,9H2,1H3/t10-/m0/s1. The van der Waals surface area contributed by atoms with E-state index in [9.17, 15) is 5.11 Å². The summed E-state index contributed by atoms with van der Waals surface area (Å²) in [7, 11) is 0. The molecule has 1 aromatic heterocycles.